The van der Waals surface area contributed by atoms with Crippen molar-refractivity contribution in [3.8, 4) is 0 Å². The zero-order chi connectivity index (χ0) is 16.3. The molecule has 0 spiro atoms. The van der Waals surface area contributed by atoms with Crippen LogP contribution in [0.3, 0.4) is 0 Å². The Morgan fingerprint density at radius 3 is 2.14 bits per heavy atom. The van der Waals surface area contributed by atoms with Gasteiger partial charge >= 0.3 is 0 Å². The Morgan fingerprint density at radius 2 is 1.64 bits per heavy atom. The summed E-state index contributed by atoms with van der Waals surface area (Å²) in [6.45, 7) is 5.28. The fraction of sp³-hybridized carbons (Fsp3) is 0.556. The maximum atomic E-state index is 12.9. The number of carbonyl (C=O) groups is 2. The van der Waals surface area contributed by atoms with Crippen LogP contribution in [0, 0.1) is 5.92 Å². The fourth-order valence-electron chi connectivity index (χ4n) is 3.07. The van der Waals surface area contributed by atoms with Crippen molar-refractivity contribution in [3.63, 3.8) is 0 Å². The third kappa shape index (κ3) is 3.32. The average Bonchev–Trinajstić information content (AvgIpc) is 2.54. The molecule has 4 heteroatoms. The third-order valence-corrected chi connectivity index (χ3v) is 4.60. The number of hydrogen-bond acceptors (Lipinski definition) is 2. The molecule has 1 aliphatic heterocycles. The van der Waals surface area contributed by atoms with Gasteiger partial charge in [-0.15, -0.1) is 0 Å². The highest BCUT2D eigenvalue weighted by Gasteiger charge is 2.36. The Bertz CT molecular complexity index is 529. The Hall–Kier alpha value is -1.84. The molecule has 0 radical (unpaired) electrons. The summed E-state index contributed by atoms with van der Waals surface area (Å²) >= 11 is 0. The largest absolute Gasteiger partial charge is 0.349 e. The second-order valence-corrected chi connectivity index (χ2v) is 6.79. The highest BCUT2D eigenvalue weighted by molar-refractivity contribution is 5.87. The van der Waals surface area contributed by atoms with Gasteiger partial charge in [-0.3, -0.25) is 9.59 Å². The molecule has 120 valence electrons. The van der Waals surface area contributed by atoms with E-state index in [4.69, 9.17) is 0 Å². The molecular formula is C18H26N2O2. The summed E-state index contributed by atoms with van der Waals surface area (Å²) in [7, 11) is 3.58. The van der Waals surface area contributed by atoms with Gasteiger partial charge in [0.15, 0.2) is 0 Å². The monoisotopic (exact) mass is 302 g/mol. The molecule has 22 heavy (non-hydrogen) atoms. The number of piperidine rings is 1. The SMILES string of the molecule is CN(C)C(=O)C1CCN(C(=O)C(C)(C)c2ccccc2)CC1. The van der Waals surface area contributed by atoms with E-state index in [1.807, 2.05) is 49.1 Å². The predicted molar refractivity (Wildman–Crippen MR) is 87.5 cm³/mol. The number of amides is 2. The summed E-state index contributed by atoms with van der Waals surface area (Å²) < 4.78 is 0. The highest BCUT2D eigenvalue weighted by Crippen LogP contribution is 2.28. The molecular weight excluding hydrogens is 276 g/mol. The average molecular weight is 302 g/mol. The number of benzene rings is 1. The van der Waals surface area contributed by atoms with Gasteiger partial charge in [-0.2, -0.15) is 0 Å². The lowest BCUT2D eigenvalue weighted by molar-refractivity contribution is -0.141. The van der Waals surface area contributed by atoms with Crippen LogP contribution in [0.25, 0.3) is 0 Å². The van der Waals surface area contributed by atoms with Crippen LogP contribution in [0.2, 0.25) is 0 Å². The van der Waals surface area contributed by atoms with Crippen molar-refractivity contribution < 1.29 is 9.59 Å². The smallest absolute Gasteiger partial charge is 0.232 e. The van der Waals surface area contributed by atoms with Crippen LogP contribution in [-0.2, 0) is 15.0 Å². The zero-order valence-corrected chi connectivity index (χ0v) is 14.0. The van der Waals surface area contributed by atoms with Crippen LogP contribution in [0.15, 0.2) is 30.3 Å². The molecule has 1 heterocycles. The van der Waals surface area contributed by atoms with E-state index < -0.39 is 5.41 Å². The number of carbonyl (C=O) groups excluding carboxylic acids is 2. The summed E-state index contributed by atoms with van der Waals surface area (Å²) in [4.78, 5) is 28.4. The summed E-state index contributed by atoms with van der Waals surface area (Å²) in [6, 6.07) is 9.89. The third-order valence-electron chi connectivity index (χ3n) is 4.60. The van der Waals surface area contributed by atoms with Crippen molar-refractivity contribution >= 4 is 11.8 Å². The number of likely N-dealkylation sites (tertiary alicyclic amines) is 1. The van der Waals surface area contributed by atoms with Crippen molar-refractivity contribution in [2.45, 2.75) is 32.1 Å². The first-order chi connectivity index (χ1) is 10.3. The highest BCUT2D eigenvalue weighted by atomic mass is 16.2. The first-order valence-electron chi connectivity index (χ1n) is 7.90. The van der Waals surface area contributed by atoms with Crippen LogP contribution in [0.5, 0.6) is 0 Å². The normalized spacial score (nSPS) is 16.5. The Labute approximate surface area is 133 Å². The first-order valence-corrected chi connectivity index (χ1v) is 7.90. The van der Waals surface area contributed by atoms with Crippen molar-refractivity contribution in [2.24, 2.45) is 5.92 Å². The molecule has 2 amide bonds. The van der Waals surface area contributed by atoms with E-state index in [1.165, 1.54) is 0 Å². The van der Waals surface area contributed by atoms with Crippen LogP contribution >= 0.6 is 0 Å². The second-order valence-electron chi connectivity index (χ2n) is 6.79. The molecule has 1 aliphatic rings. The van der Waals surface area contributed by atoms with Crippen molar-refractivity contribution in [1.29, 1.82) is 0 Å². The molecule has 0 aromatic heterocycles. The van der Waals surface area contributed by atoms with Crippen molar-refractivity contribution in [3.05, 3.63) is 35.9 Å². The minimum absolute atomic E-state index is 0.0545. The molecule has 0 N–H and O–H groups in total. The molecule has 0 unspecified atom stereocenters. The summed E-state index contributed by atoms with van der Waals surface area (Å²) in [5, 5.41) is 0. The lowest BCUT2D eigenvalue weighted by atomic mass is 9.82. The van der Waals surface area contributed by atoms with E-state index in [1.54, 1.807) is 19.0 Å². The van der Waals surface area contributed by atoms with Crippen LogP contribution in [-0.4, -0.2) is 48.8 Å². The van der Waals surface area contributed by atoms with E-state index >= 15 is 0 Å². The maximum absolute atomic E-state index is 12.9. The molecule has 0 bridgehead atoms. The molecule has 0 saturated carbocycles. The van der Waals surface area contributed by atoms with Gasteiger partial charge in [-0.1, -0.05) is 30.3 Å². The topological polar surface area (TPSA) is 40.6 Å². The van der Waals surface area contributed by atoms with Gasteiger partial charge in [0.25, 0.3) is 0 Å². The maximum Gasteiger partial charge on any atom is 0.232 e. The van der Waals surface area contributed by atoms with E-state index in [0.717, 1.165) is 18.4 Å². The predicted octanol–water partition coefficient (Wildman–Crippen LogP) is 2.29. The standard InChI is InChI=1S/C18H26N2O2/c1-18(2,15-8-6-5-7-9-15)17(22)20-12-10-14(11-13-20)16(21)19(3)4/h5-9,14H,10-13H2,1-4H3. The first kappa shape index (κ1) is 16.5. The lowest BCUT2D eigenvalue weighted by Crippen LogP contribution is -2.48. The van der Waals surface area contributed by atoms with Crippen molar-refractivity contribution in [1.82, 2.24) is 9.80 Å². The Balaban J connectivity index is 2.02. The van der Waals surface area contributed by atoms with Gasteiger partial charge in [-0.25, -0.2) is 0 Å². The van der Waals surface area contributed by atoms with E-state index in [0.29, 0.717) is 13.1 Å². The van der Waals surface area contributed by atoms with Gasteiger partial charge in [0.1, 0.15) is 0 Å². The molecule has 0 atom stereocenters. The van der Waals surface area contributed by atoms with Gasteiger partial charge in [0, 0.05) is 33.1 Å². The Morgan fingerprint density at radius 1 is 1.09 bits per heavy atom. The number of nitrogens with zero attached hydrogens (tertiary/aromatic N) is 2. The van der Waals surface area contributed by atoms with Gasteiger partial charge in [-0.05, 0) is 32.3 Å². The molecule has 1 aromatic carbocycles. The molecule has 0 aliphatic carbocycles. The van der Waals surface area contributed by atoms with Crippen molar-refractivity contribution in [2.75, 3.05) is 27.2 Å². The molecule has 1 saturated heterocycles. The van der Waals surface area contributed by atoms with Crippen LogP contribution in [0.1, 0.15) is 32.3 Å². The van der Waals surface area contributed by atoms with Gasteiger partial charge < -0.3 is 9.80 Å². The summed E-state index contributed by atoms with van der Waals surface area (Å²) in [5.41, 5.74) is 0.506. The minimum Gasteiger partial charge on any atom is -0.349 e. The van der Waals surface area contributed by atoms with E-state index in [-0.39, 0.29) is 17.7 Å². The lowest BCUT2D eigenvalue weighted by Gasteiger charge is -2.37. The van der Waals surface area contributed by atoms with E-state index in [2.05, 4.69) is 0 Å². The molecule has 1 aromatic rings. The second kappa shape index (κ2) is 6.51. The van der Waals surface area contributed by atoms with Crippen LogP contribution in [0.4, 0.5) is 0 Å². The quantitative estimate of drug-likeness (QED) is 0.859. The Kier molecular flexibility index (Phi) is 4.89. The van der Waals surface area contributed by atoms with Crippen LogP contribution < -0.4 is 0 Å². The zero-order valence-electron chi connectivity index (χ0n) is 14.0. The van der Waals surface area contributed by atoms with Gasteiger partial charge in [0.2, 0.25) is 11.8 Å². The van der Waals surface area contributed by atoms with E-state index in [9.17, 15) is 9.59 Å². The van der Waals surface area contributed by atoms with Gasteiger partial charge in [0.05, 0.1) is 5.41 Å². The fourth-order valence-corrected chi connectivity index (χ4v) is 3.07. The molecule has 1 fully saturated rings. The summed E-state index contributed by atoms with van der Waals surface area (Å²) in [6.07, 6.45) is 1.52. The molecule has 2 rings (SSSR count). The number of hydrogen-bond donors (Lipinski definition) is 0. The summed E-state index contributed by atoms with van der Waals surface area (Å²) in [5.74, 6) is 0.378. The number of rotatable bonds is 3. The minimum atomic E-state index is -0.528. The molecule has 4 nitrogen and oxygen atoms in total.